The third-order valence-corrected chi connectivity index (χ3v) is 7.20. The summed E-state index contributed by atoms with van der Waals surface area (Å²) in [6, 6.07) is 6.46. The topological polar surface area (TPSA) is 77.5 Å². The molecule has 1 saturated carbocycles. The first-order valence-electron chi connectivity index (χ1n) is 7.65. The van der Waals surface area contributed by atoms with Gasteiger partial charge < -0.3 is 4.74 Å². The van der Waals surface area contributed by atoms with Crippen molar-refractivity contribution < 1.29 is 22.7 Å². The zero-order chi connectivity index (χ0) is 17.3. The second-order valence-corrected chi connectivity index (χ2v) is 8.58. The third kappa shape index (κ3) is 3.04. The maximum absolute atomic E-state index is 13.2. The molecule has 0 N–H and O–H groups in total. The Kier molecular flexibility index (Phi) is 4.94. The molecule has 0 aromatic heterocycles. The van der Waals surface area contributed by atoms with Crippen LogP contribution in [0, 0.1) is 12.8 Å². The van der Waals surface area contributed by atoms with Crippen LogP contribution in [0.5, 0.6) is 0 Å². The number of carbonyl (C=O) groups excluding carboxylic acids is 2. The summed E-state index contributed by atoms with van der Waals surface area (Å²) in [6.07, 6.45) is 1.65. The van der Waals surface area contributed by atoms with E-state index in [1.165, 1.54) is 20.1 Å². The van der Waals surface area contributed by atoms with Crippen molar-refractivity contribution in [3.63, 3.8) is 0 Å². The predicted octanol–water partition coefficient (Wildman–Crippen LogP) is 2.46. The van der Waals surface area contributed by atoms with Gasteiger partial charge in [0.05, 0.1) is 12.0 Å². The lowest BCUT2D eigenvalue weighted by molar-refractivity contribution is -0.145. The Morgan fingerprint density at radius 1 is 1.35 bits per heavy atom. The fraction of sp³-hybridized carbons (Fsp3) is 0.529. The van der Waals surface area contributed by atoms with Crippen LogP contribution in [0.3, 0.4) is 0 Å². The third-order valence-electron chi connectivity index (χ3n) is 4.71. The summed E-state index contributed by atoms with van der Waals surface area (Å²) in [5.74, 6) is -1.38. The Balaban J connectivity index is 2.57. The smallest absolute Gasteiger partial charge is 0.327 e. The minimum absolute atomic E-state index is 0.00387. The summed E-state index contributed by atoms with van der Waals surface area (Å²) in [7, 11) is -2.81. The molecule has 2 rings (SSSR count). The van der Waals surface area contributed by atoms with Gasteiger partial charge in [0.15, 0.2) is 14.6 Å². The number of sulfone groups is 1. The normalized spacial score (nSPS) is 21.5. The van der Waals surface area contributed by atoms with Gasteiger partial charge in [-0.1, -0.05) is 12.1 Å². The molecule has 1 aromatic carbocycles. The van der Waals surface area contributed by atoms with Gasteiger partial charge in [0, 0.05) is 12.8 Å². The fourth-order valence-corrected chi connectivity index (χ4v) is 5.25. The first-order valence-corrected chi connectivity index (χ1v) is 9.13. The van der Waals surface area contributed by atoms with E-state index in [0.29, 0.717) is 19.3 Å². The van der Waals surface area contributed by atoms with Crippen LogP contribution in [0.4, 0.5) is 0 Å². The summed E-state index contributed by atoms with van der Waals surface area (Å²) in [6.45, 7) is 3.18. The van der Waals surface area contributed by atoms with Gasteiger partial charge in [-0.05, 0) is 50.3 Å². The van der Waals surface area contributed by atoms with Crippen LogP contribution in [0.15, 0.2) is 29.2 Å². The summed E-state index contributed by atoms with van der Waals surface area (Å²) in [4.78, 5) is 24.3. The minimum atomic E-state index is -3.98. The molecule has 1 aliphatic rings. The number of aryl methyl sites for hydroxylation is 1. The molecular weight excluding hydrogens is 316 g/mol. The second kappa shape index (κ2) is 6.43. The molecule has 0 spiro atoms. The van der Waals surface area contributed by atoms with Crippen molar-refractivity contribution in [3.05, 3.63) is 29.8 Å². The van der Waals surface area contributed by atoms with Gasteiger partial charge in [0.25, 0.3) is 0 Å². The van der Waals surface area contributed by atoms with Crippen LogP contribution >= 0.6 is 0 Å². The van der Waals surface area contributed by atoms with E-state index in [9.17, 15) is 18.0 Å². The molecule has 1 fully saturated rings. The van der Waals surface area contributed by atoms with Crippen molar-refractivity contribution in [2.24, 2.45) is 5.92 Å². The Hall–Kier alpha value is -1.69. The molecule has 0 saturated heterocycles. The van der Waals surface area contributed by atoms with Gasteiger partial charge >= 0.3 is 5.97 Å². The molecule has 1 aliphatic carbocycles. The summed E-state index contributed by atoms with van der Waals surface area (Å²) >= 11 is 0. The first-order chi connectivity index (χ1) is 10.7. The van der Waals surface area contributed by atoms with Gasteiger partial charge in [-0.15, -0.1) is 0 Å². The van der Waals surface area contributed by atoms with Crippen LogP contribution in [-0.2, 0) is 24.2 Å². The van der Waals surface area contributed by atoms with E-state index in [2.05, 4.69) is 0 Å². The molecule has 6 heteroatoms. The number of carbonyl (C=O) groups is 2. The van der Waals surface area contributed by atoms with E-state index < -0.39 is 26.5 Å². The van der Waals surface area contributed by atoms with Crippen LogP contribution in [0.2, 0.25) is 0 Å². The molecule has 0 heterocycles. The van der Waals surface area contributed by atoms with Crippen LogP contribution < -0.4 is 0 Å². The standard InChI is InChI=1S/C17H22O5S/c1-12-6-4-9-15(10-12)23(20,21)17(2,16(19)22-3)13-7-5-8-14(18)11-13/h4,6,9-10,13H,5,7-8,11H2,1-3H3. The maximum atomic E-state index is 13.2. The second-order valence-electron chi connectivity index (χ2n) is 6.25. The predicted molar refractivity (Wildman–Crippen MR) is 85.8 cm³/mol. The van der Waals surface area contributed by atoms with E-state index in [0.717, 1.165) is 5.56 Å². The monoisotopic (exact) mass is 338 g/mol. The zero-order valence-corrected chi connectivity index (χ0v) is 14.5. The molecule has 0 aliphatic heterocycles. The highest BCUT2D eigenvalue weighted by Gasteiger charge is 2.54. The quantitative estimate of drug-likeness (QED) is 0.788. The Bertz CT molecular complexity index is 722. The number of hydrogen-bond acceptors (Lipinski definition) is 5. The van der Waals surface area contributed by atoms with Crippen molar-refractivity contribution >= 4 is 21.6 Å². The number of ether oxygens (including phenoxy) is 1. The average molecular weight is 338 g/mol. The summed E-state index contributed by atoms with van der Waals surface area (Å²) < 4.78 is 29.5. The van der Waals surface area contributed by atoms with E-state index in [1.807, 2.05) is 0 Å². The fourth-order valence-electron chi connectivity index (χ4n) is 3.22. The molecule has 0 radical (unpaired) electrons. The van der Waals surface area contributed by atoms with E-state index in [-0.39, 0.29) is 17.1 Å². The zero-order valence-electron chi connectivity index (χ0n) is 13.7. The average Bonchev–Trinajstić information content (AvgIpc) is 2.53. The number of methoxy groups -OCH3 is 1. The van der Waals surface area contributed by atoms with Crippen LogP contribution in [0.25, 0.3) is 0 Å². The Morgan fingerprint density at radius 3 is 2.61 bits per heavy atom. The largest absolute Gasteiger partial charge is 0.468 e. The highest BCUT2D eigenvalue weighted by molar-refractivity contribution is 7.93. The van der Waals surface area contributed by atoms with Crippen molar-refractivity contribution in [1.82, 2.24) is 0 Å². The summed E-state index contributed by atoms with van der Waals surface area (Å²) in [5.41, 5.74) is 0.790. The lowest BCUT2D eigenvalue weighted by Gasteiger charge is -2.36. The number of benzene rings is 1. The number of hydrogen-bond donors (Lipinski definition) is 0. The minimum Gasteiger partial charge on any atom is -0.468 e. The number of esters is 1. The first kappa shape index (κ1) is 17.7. The highest BCUT2D eigenvalue weighted by atomic mass is 32.2. The number of ketones is 1. The molecule has 5 nitrogen and oxygen atoms in total. The highest BCUT2D eigenvalue weighted by Crippen LogP contribution is 2.40. The SMILES string of the molecule is COC(=O)C(C)(C1CCCC(=O)C1)S(=O)(=O)c1cccc(C)c1. The molecular formula is C17H22O5S. The lowest BCUT2D eigenvalue weighted by Crippen LogP contribution is -2.52. The van der Waals surface area contributed by atoms with Crippen LogP contribution in [-0.4, -0.2) is 32.0 Å². The van der Waals surface area contributed by atoms with Crippen molar-refractivity contribution in [3.8, 4) is 0 Å². The van der Waals surface area contributed by atoms with Crippen molar-refractivity contribution in [2.75, 3.05) is 7.11 Å². The van der Waals surface area contributed by atoms with E-state index in [4.69, 9.17) is 4.74 Å². The molecule has 0 amide bonds. The lowest BCUT2D eigenvalue weighted by atomic mass is 9.79. The van der Waals surface area contributed by atoms with Gasteiger partial charge in [0.1, 0.15) is 5.78 Å². The molecule has 0 bridgehead atoms. The van der Waals surface area contributed by atoms with Gasteiger partial charge in [-0.3, -0.25) is 9.59 Å². The molecule has 23 heavy (non-hydrogen) atoms. The summed E-state index contributed by atoms with van der Waals surface area (Å²) in [5, 5.41) is 0. The van der Waals surface area contributed by atoms with E-state index in [1.54, 1.807) is 25.1 Å². The van der Waals surface area contributed by atoms with Crippen LogP contribution in [0.1, 0.15) is 38.2 Å². The molecule has 1 aromatic rings. The van der Waals surface area contributed by atoms with Gasteiger partial charge in [-0.2, -0.15) is 0 Å². The maximum Gasteiger partial charge on any atom is 0.327 e. The Labute approximate surface area is 137 Å². The Morgan fingerprint density at radius 2 is 2.04 bits per heavy atom. The van der Waals surface area contributed by atoms with Crippen molar-refractivity contribution in [2.45, 2.75) is 49.2 Å². The van der Waals surface area contributed by atoms with E-state index >= 15 is 0 Å². The molecule has 126 valence electrons. The van der Waals surface area contributed by atoms with Crippen molar-refractivity contribution in [1.29, 1.82) is 0 Å². The molecule has 2 atom stereocenters. The molecule has 2 unspecified atom stereocenters. The number of Topliss-reactive ketones (excluding diaryl/α,β-unsaturated/α-hetero) is 1. The van der Waals surface area contributed by atoms with Gasteiger partial charge in [-0.25, -0.2) is 8.42 Å². The number of rotatable bonds is 4. The van der Waals surface area contributed by atoms with Gasteiger partial charge in [0.2, 0.25) is 0 Å².